The fraction of sp³-hybridized carbons (Fsp3) is 0.400. The predicted octanol–water partition coefficient (Wildman–Crippen LogP) is 1.67. The van der Waals surface area contributed by atoms with E-state index in [-0.39, 0.29) is 5.75 Å². The quantitative estimate of drug-likeness (QED) is 0.806. The SMILES string of the molecule is C[C@@H](N)[C@@H](O)c1cccc(OC(F)F)c1. The third-order valence-electron chi connectivity index (χ3n) is 1.92. The highest BCUT2D eigenvalue weighted by molar-refractivity contribution is 5.30. The van der Waals surface area contributed by atoms with Crippen LogP contribution in [0.15, 0.2) is 24.3 Å². The molecule has 0 aliphatic carbocycles. The normalized spacial score (nSPS) is 15.1. The summed E-state index contributed by atoms with van der Waals surface area (Å²) >= 11 is 0. The third kappa shape index (κ3) is 3.45. The molecule has 3 N–H and O–H groups in total. The van der Waals surface area contributed by atoms with E-state index in [0.717, 1.165) is 0 Å². The van der Waals surface area contributed by atoms with Gasteiger partial charge in [-0.25, -0.2) is 0 Å². The summed E-state index contributed by atoms with van der Waals surface area (Å²) in [5, 5.41) is 9.59. The number of aliphatic hydroxyl groups is 1. The minimum atomic E-state index is -2.87. The highest BCUT2D eigenvalue weighted by atomic mass is 19.3. The molecule has 0 heterocycles. The molecule has 0 saturated carbocycles. The lowest BCUT2D eigenvalue weighted by molar-refractivity contribution is -0.0499. The Morgan fingerprint density at radius 1 is 1.40 bits per heavy atom. The fourth-order valence-corrected chi connectivity index (χ4v) is 1.18. The Hall–Kier alpha value is -1.20. The van der Waals surface area contributed by atoms with Gasteiger partial charge in [-0.1, -0.05) is 12.1 Å². The molecule has 0 fully saturated rings. The van der Waals surface area contributed by atoms with Crippen molar-refractivity contribution in [2.75, 3.05) is 0 Å². The van der Waals surface area contributed by atoms with Crippen LogP contribution in [0.5, 0.6) is 5.75 Å². The van der Waals surface area contributed by atoms with Gasteiger partial charge in [-0.3, -0.25) is 0 Å². The average Bonchev–Trinajstić information content (AvgIpc) is 2.16. The Labute approximate surface area is 86.5 Å². The molecule has 0 spiro atoms. The number of nitrogens with two attached hydrogens (primary N) is 1. The molecule has 5 heteroatoms. The molecule has 0 saturated heterocycles. The molecular weight excluding hydrogens is 204 g/mol. The first-order valence-electron chi connectivity index (χ1n) is 4.49. The molecule has 2 atom stereocenters. The number of aliphatic hydroxyl groups excluding tert-OH is 1. The van der Waals surface area contributed by atoms with E-state index >= 15 is 0 Å². The zero-order chi connectivity index (χ0) is 11.4. The van der Waals surface area contributed by atoms with Crippen LogP contribution in [0.2, 0.25) is 0 Å². The zero-order valence-electron chi connectivity index (χ0n) is 8.23. The molecule has 1 aromatic rings. The van der Waals surface area contributed by atoms with E-state index in [9.17, 15) is 13.9 Å². The van der Waals surface area contributed by atoms with Crippen LogP contribution in [-0.2, 0) is 0 Å². The topological polar surface area (TPSA) is 55.5 Å². The first-order chi connectivity index (χ1) is 7.00. The summed E-state index contributed by atoms with van der Waals surface area (Å²) in [4.78, 5) is 0. The second-order valence-corrected chi connectivity index (χ2v) is 3.25. The molecular formula is C10H13F2NO2. The lowest BCUT2D eigenvalue weighted by atomic mass is 10.0. The number of ether oxygens (including phenoxy) is 1. The maximum Gasteiger partial charge on any atom is 0.387 e. The summed E-state index contributed by atoms with van der Waals surface area (Å²) in [6.07, 6.45) is -0.883. The predicted molar refractivity (Wildman–Crippen MR) is 51.7 cm³/mol. The van der Waals surface area contributed by atoms with Gasteiger partial charge < -0.3 is 15.6 Å². The number of hydrogen-bond acceptors (Lipinski definition) is 3. The Balaban J connectivity index is 2.82. The number of alkyl halides is 2. The van der Waals surface area contributed by atoms with E-state index in [2.05, 4.69) is 4.74 Å². The molecule has 0 bridgehead atoms. The van der Waals surface area contributed by atoms with E-state index in [1.165, 1.54) is 18.2 Å². The molecule has 0 radical (unpaired) electrons. The molecule has 3 nitrogen and oxygen atoms in total. The van der Waals surface area contributed by atoms with Gasteiger partial charge in [0.25, 0.3) is 0 Å². The molecule has 0 aliphatic rings. The summed E-state index contributed by atoms with van der Waals surface area (Å²) in [7, 11) is 0. The van der Waals surface area contributed by atoms with Gasteiger partial charge in [-0.05, 0) is 24.6 Å². The van der Waals surface area contributed by atoms with Crippen molar-refractivity contribution in [1.29, 1.82) is 0 Å². The van der Waals surface area contributed by atoms with Crippen molar-refractivity contribution in [1.82, 2.24) is 0 Å². The van der Waals surface area contributed by atoms with Crippen LogP contribution in [0, 0.1) is 0 Å². The van der Waals surface area contributed by atoms with Crippen LogP contribution in [0.4, 0.5) is 8.78 Å². The van der Waals surface area contributed by atoms with Crippen molar-refractivity contribution in [3.63, 3.8) is 0 Å². The van der Waals surface area contributed by atoms with Crippen LogP contribution >= 0.6 is 0 Å². The molecule has 1 aromatic carbocycles. The summed E-state index contributed by atoms with van der Waals surface area (Å²) in [5.41, 5.74) is 5.94. The molecule has 84 valence electrons. The van der Waals surface area contributed by atoms with E-state index in [1.807, 2.05) is 0 Å². The second kappa shape index (κ2) is 5.04. The minimum absolute atomic E-state index is 0.0159. The molecule has 0 aromatic heterocycles. The smallest absolute Gasteiger partial charge is 0.387 e. The van der Waals surface area contributed by atoms with Crippen molar-refractivity contribution in [2.45, 2.75) is 25.7 Å². The summed E-state index contributed by atoms with van der Waals surface area (Å²) in [6, 6.07) is 5.40. The van der Waals surface area contributed by atoms with E-state index < -0.39 is 18.8 Å². The summed E-state index contributed by atoms with van der Waals surface area (Å²) < 4.78 is 28.0. The van der Waals surface area contributed by atoms with Gasteiger partial charge in [0.1, 0.15) is 5.75 Å². The van der Waals surface area contributed by atoms with Gasteiger partial charge in [0, 0.05) is 6.04 Å². The van der Waals surface area contributed by atoms with Crippen LogP contribution in [0.1, 0.15) is 18.6 Å². The van der Waals surface area contributed by atoms with Crippen molar-refractivity contribution in [3.8, 4) is 5.75 Å². The lowest BCUT2D eigenvalue weighted by Crippen LogP contribution is -2.24. The first-order valence-corrected chi connectivity index (χ1v) is 4.49. The Kier molecular flexibility index (Phi) is 3.99. The number of halogens is 2. The molecule has 15 heavy (non-hydrogen) atoms. The zero-order valence-corrected chi connectivity index (χ0v) is 8.23. The van der Waals surface area contributed by atoms with Gasteiger partial charge >= 0.3 is 6.61 Å². The van der Waals surface area contributed by atoms with Gasteiger partial charge in [0.2, 0.25) is 0 Å². The van der Waals surface area contributed by atoms with E-state index in [0.29, 0.717) is 5.56 Å². The summed E-state index contributed by atoms with van der Waals surface area (Å²) in [6.45, 7) is -1.24. The van der Waals surface area contributed by atoms with Crippen molar-refractivity contribution < 1.29 is 18.6 Å². The van der Waals surface area contributed by atoms with Crippen LogP contribution in [0.25, 0.3) is 0 Å². The number of benzene rings is 1. The fourth-order valence-electron chi connectivity index (χ4n) is 1.18. The van der Waals surface area contributed by atoms with Gasteiger partial charge in [0.15, 0.2) is 0 Å². The van der Waals surface area contributed by atoms with Crippen molar-refractivity contribution >= 4 is 0 Å². The largest absolute Gasteiger partial charge is 0.435 e. The van der Waals surface area contributed by atoms with E-state index in [1.54, 1.807) is 13.0 Å². The lowest BCUT2D eigenvalue weighted by Gasteiger charge is -2.15. The van der Waals surface area contributed by atoms with Gasteiger partial charge in [-0.2, -0.15) is 8.78 Å². The second-order valence-electron chi connectivity index (χ2n) is 3.25. The molecule has 1 rings (SSSR count). The highest BCUT2D eigenvalue weighted by Gasteiger charge is 2.13. The van der Waals surface area contributed by atoms with Crippen LogP contribution in [-0.4, -0.2) is 17.8 Å². The maximum absolute atomic E-state index is 11.9. The number of rotatable bonds is 4. The molecule has 0 amide bonds. The first kappa shape index (κ1) is 11.9. The van der Waals surface area contributed by atoms with Crippen LogP contribution in [0.3, 0.4) is 0 Å². The van der Waals surface area contributed by atoms with Crippen molar-refractivity contribution in [2.24, 2.45) is 5.73 Å². The molecule has 0 unspecified atom stereocenters. The monoisotopic (exact) mass is 217 g/mol. The van der Waals surface area contributed by atoms with Gasteiger partial charge in [0.05, 0.1) is 6.10 Å². The Bertz CT molecular complexity index is 318. The standard InChI is InChI=1S/C10H13F2NO2/c1-6(13)9(14)7-3-2-4-8(5-7)15-10(11)12/h2-6,9-10,14H,13H2,1H3/t6-,9-/m1/s1. The highest BCUT2D eigenvalue weighted by Crippen LogP contribution is 2.22. The average molecular weight is 217 g/mol. The molecule has 0 aliphatic heterocycles. The van der Waals surface area contributed by atoms with Crippen molar-refractivity contribution in [3.05, 3.63) is 29.8 Å². The van der Waals surface area contributed by atoms with E-state index in [4.69, 9.17) is 5.73 Å². The number of hydrogen-bond donors (Lipinski definition) is 2. The third-order valence-corrected chi connectivity index (χ3v) is 1.92. The van der Waals surface area contributed by atoms with Crippen LogP contribution < -0.4 is 10.5 Å². The Morgan fingerprint density at radius 2 is 2.07 bits per heavy atom. The Morgan fingerprint density at radius 3 is 2.60 bits per heavy atom. The van der Waals surface area contributed by atoms with Gasteiger partial charge in [-0.15, -0.1) is 0 Å². The summed E-state index contributed by atoms with van der Waals surface area (Å²) in [5.74, 6) is 0.0159. The maximum atomic E-state index is 11.9. The minimum Gasteiger partial charge on any atom is -0.435 e.